The zero-order valence-corrected chi connectivity index (χ0v) is 10.5. The number of hydrogen-bond acceptors (Lipinski definition) is 4. The van der Waals surface area contributed by atoms with E-state index in [1.165, 1.54) is 0 Å². The van der Waals surface area contributed by atoms with Gasteiger partial charge in [-0.2, -0.15) is 0 Å². The summed E-state index contributed by atoms with van der Waals surface area (Å²) >= 11 is 0. The number of hydrogen-bond donors (Lipinski definition) is 2. The summed E-state index contributed by atoms with van der Waals surface area (Å²) in [5.41, 5.74) is 5.47. The first-order chi connectivity index (χ1) is 7.47. The van der Waals surface area contributed by atoms with Crippen LogP contribution in [-0.2, 0) is 9.53 Å². The number of aliphatic carboxylic acids is 1. The Kier molecular flexibility index (Phi) is 8.15. The van der Waals surface area contributed by atoms with Crippen molar-refractivity contribution in [1.82, 2.24) is 4.90 Å². The summed E-state index contributed by atoms with van der Waals surface area (Å²) in [6, 6.07) is -0.766. The van der Waals surface area contributed by atoms with Crippen LogP contribution in [0.2, 0.25) is 0 Å². The van der Waals surface area contributed by atoms with Crippen LogP contribution in [0.3, 0.4) is 0 Å². The molecule has 0 saturated carbocycles. The minimum atomic E-state index is -0.934. The molecule has 5 heteroatoms. The average molecular weight is 232 g/mol. The van der Waals surface area contributed by atoms with Crippen molar-refractivity contribution in [2.75, 3.05) is 33.4 Å². The first-order valence-electron chi connectivity index (χ1n) is 5.67. The van der Waals surface area contributed by atoms with Crippen molar-refractivity contribution in [1.29, 1.82) is 0 Å². The van der Waals surface area contributed by atoms with Gasteiger partial charge in [-0.05, 0) is 12.3 Å². The van der Waals surface area contributed by atoms with E-state index in [9.17, 15) is 4.79 Å². The molecule has 0 aromatic heterocycles. The molecule has 0 saturated heterocycles. The Hall–Kier alpha value is -0.650. The SMILES string of the molecule is COCCN(CCC(N)C(=O)O)CC(C)C. The smallest absolute Gasteiger partial charge is 0.320 e. The normalized spacial score (nSPS) is 13.4. The fourth-order valence-corrected chi connectivity index (χ4v) is 1.48. The van der Waals surface area contributed by atoms with Crippen LogP contribution >= 0.6 is 0 Å². The summed E-state index contributed by atoms with van der Waals surface area (Å²) in [6.45, 7) is 7.40. The highest BCUT2D eigenvalue weighted by Crippen LogP contribution is 2.01. The molecule has 0 aromatic rings. The second-order valence-corrected chi connectivity index (χ2v) is 4.42. The molecule has 0 spiro atoms. The average Bonchev–Trinajstić information content (AvgIpc) is 2.20. The lowest BCUT2D eigenvalue weighted by molar-refractivity contribution is -0.138. The van der Waals surface area contributed by atoms with Gasteiger partial charge in [-0.3, -0.25) is 4.79 Å². The van der Waals surface area contributed by atoms with Crippen LogP contribution in [0.25, 0.3) is 0 Å². The van der Waals surface area contributed by atoms with Crippen molar-refractivity contribution in [3.05, 3.63) is 0 Å². The molecule has 16 heavy (non-hydrogen) atoms. The van der Waals surface area contributed by atoms with Gasteiger partial charge in [-0.15, -0.1) is 0 Å². The third-order valence-electron chi connectivity index (χ3n) is 2.31. The van der Waals surface area contributed by atoms with E-state index in [1.807, 2.05) is 0 Å². The van der Waals surface area contributed by atoms with Crippen LogP contribution in [0.15, 0.2) is 0 Å². The largest absolute Gasteiger partial charge is 0.480 e. The summed E-state index contributed by atoms with van der Waals surface area (Å²) < 4.78 is 5.02. The number of nitrogens with two attached hydrogens (primary N) is 1. The molecule has 0 aliphatic carbocycles. The van der Waals surface area contributed by atoms with E-state index in [4.69, 9.17) is 15.6 Å². The molecule has 3 N–H and O–H groups in total. The number of nitrogens with zero attached hydrogens (tertiary/aromatic N) is 1. The molecular weight excluding hydrogens is 208 g/mol. The maximum Gasteiger partial charge on any atom is 0.320 e. The predicted octanol–water partition coefficient (Wildman–Crippen LogP) is 0.393. The molecule has 96 valence electrons. The Morgan fingerprint density at radius 2 is 2.06 bits per heavy atom. The van der Waals surface area contributed by atoms with Crippen molar-refractivity contribution >= 4 is 5.97 Å². The molecule has 0 aliphatic rings. The molecule has 0 bridgehead atoms. The molecule has 5 nitrogen and oxygen atoms in total. The molecule has 0 aliphatic heterocycles. The molecular formula is C11H24N2O3. The first-order valence-corrected chi connectivity index (χ1v) is 5.67. The fraction of sp³-hybridized carbons (Fsp3) is 0.909. The summed E-state index contributed by atoms with van der Waals surface area (Å²) in [5, 5.41) is 8.68. The lowest BCUT2D eigenvalue weighted by Crippen LogP contribution is -2.38. The molecule has 0 radical (unpaired) electrons. The quantitative estimate of drug-likeness (QED) is 0.601. The van der Waals surface area contributed by atoms with Gasteiger partial charge in [-0.1, -0.05) is 13.8 Å². The van der Waals surface area contributed by atoms with Gasteiger partial charge < -0.3 is 20.5 Å². The van der Waals surface area contributed by atoms with E-state index in [0.717, 1.165) is 13.1 Å². The molecule has 1 atom stereocenters. The number of carboxylic acid groups (broad SMARTS) is 1. The Balaban J connectivity index is 3.94. The summed E-state index contributed by atoms with van der Waals surface area (Å²) in [5.74, 6) is -0.380. The zero-order chi connectivity index (χ0) is 12.6. The Morgan fingerprint density at radius 1 is 1.44 bits per heavy atom. The second kappa shape index (κ2) is 8.50. The fourth-order valence-electron chi connectivity index (χ4n) is 1.48. The second-order valence-electron chi connectivity index (χ2n) is 4.42. The van der Waals surface area contributed by atoms with Crippen molar-refractivity contribution < 1.29 is 14.6 Å². The highest BCUT2D eigenvalue weighted by Gasteiger charge is 2.14. The van der Waals surface area contributed by atoms with Gasteiger partial charge >= 0.3 is 5.97 Å². The maximum atomic E-state index is 10.6. The minimum Gasteiger partial charge on any atom is -0.480 e. The van der Waals surface area contributed by atoms with E-state index < -0.39 is 12.0 Å². The van der Waals surface area contributed by atoms with Crippen LogP contribution in [-0.4, -0.2) is 55.4 Å². The van der Waals surface area contributed by atoms with Crippen molar-refractivity contribution in [3.8, 4) is 0 Å². The van der Waals surface area contributed by atoms with E-state index in [-0.39, 0.29) is 0 Å². The minimum absolute atomic E-state index is 0.478. The van der Waals surface area contributed by atoms with Gasteiger partial charge in [0, 0.05) is 26.7 Å². The number of carboxylic acids is 1. The molecule has 0 fully saturated rings. The van der Waals surface area contributed by atoms with Gasteiger partial charge in [0.25, 0.3) is 0 Å². The van der Waals surface area contributed by atoms with Crippen molar-refractivity contribution in [3.63, 3.8) is 0 Å². The van der Waals surface area contributed by atoms with Crippen LogP contribution in [0.4, 0.5) is 0 Å². The highest BCUT2D eigenvalue weighted by molar-refractivity contribution is 5.72. The summed E-state index contributed by atoms with van der Waals surface area (Å²) in [4.78, 5) is 12.8. The van der Waals surface area contributed by atoms with E-state index >= 15 is 0 Å². The van der Waals surface area contributed by atoms with Gasteiger partial charge in [0.2, 0.25) is 0 Å². The standard InChI is InChI=1S/C11H24N2O3/c1-9(2)8-13(6-7-16-3)5-4-10(12)11(14)15/h9-10H,4-8,12H2,1-3H3,(H,14,15). The van der Waals surface area contributed by atoms with Crippen LogP contribution < -0.4 is 5.73 Å². The zero-order valence-electron chi connectivity index (χ0n) is 10.5. The Morgan fingerprint density at radius 3 is 2.50 bits per heavy atom. The predicted molar refractivity (Wildman–Crippen MR) is 63.4 cm³/mol. The number of ether oxygens (including phenoxy) is 1. The molecule has 0 rings (SSSR count). The van der Waals surface area contributed by atoms with E-state index in [2.05, 4.69) is 18.7 Å². The molecule has 0 heterocycles. The van der Waals surface area contributed by atoms with E-state index in [0.29, 0.717) is 25.5 Å². The topological polar surface area (TPSA) is 75.8 Å². The van der Waals surface area contributed by atoms with Crippen LogP contribution in [0.5, 0.6) is 0 Å². The van der Waals surface area contributed by atoms with Crippen molar-refractivity contribution in [2.45, 2.75) is 26.3 Å². The number of carbonyl (C=O) groups is 1. The lowest BCUT2D eigenvalue weighted by Gasteiger charge is -2.24. The third-order valence-corrected chi connectivity index (χ3v) is 2.31. The summed E-state index contributed by atoms with van der Waals surface area (Å²) in [6.07, 6.45) is 0.478. The highest BCUT2D eigenvalue weighted by atomic mass is 16.5. The van der Waals surface area contributed by atoms with Gasteiger partial charge in [-0.25, -0.2) is 0 Å². The van der Waals surface area contributed by atoms with Gasteiger partial charge in [0.05, 0.1) is 6.61 Å². The van der Waals surface area contributed by atoms with Gasteiger partial charge in [0.1, 0.15) is 6.04 Å². The Bertz CT molecular complexity index is 198. The van der Waals surface area contributed by atoms with E-state index in [1.54, 1.807) is 7.11 Å². The third kappa shape index (κ3) is 7.62. The molecule has 1 unspecified atom stereocenters. The lowest BCUT2D eigenvalue weighted by atomic mass is 10.1. The maximum absolute atomic E-state index is 10.6. The van der Waals surface area contributed by atoms with Crippen LogP contribution in [0.1, 0.15) is 20.3 Å². The monoisotopic (exact) mass is 232 g/mol. The van der Waals surface area contributed by atoms with Crippen LogP contribution in [0, 0.1) is 5.92 Å². The Labute approximate surface area is 97.6 Å². The number of rotatable bonds is 9. The van der Waals surface area contributed by atoms with Crippen molar-refractivity contribution in [2.24, 2.45) is 11.7 Å². The van der Waals surface area contributed by atoms with Gasteiger partial charge in [0.15, 0.2) is 0 Å². The summed E-state index contributed by atoms with van der Waals surface area (Å²) in [7, 11) is 1.66. The first kappa shape index (κ1) is 15.3. The number of methoxy groups -OCH3 is 1. The molecule has 0 amide bonds. The molecule has 0 aromatic carbocycles.